The Balaban J connectivity index is 1.62. The van der Waals surface area contributed by atoms with Crippen LogP contribution in [0.1, 0.15) is 51.0 Å². The van der Waals surface area contributed by atoms with E-state index in [1.807, 2.05) is 42.2 Å². The lowest BCUT2D eigenvalue weighted by molar-refractivity contribution is -0.139. The van der Waals surface area contributed by atoms with Crippen molar-refractivity contribution in [1.82, 2.24) is 15.5 Å². The minimum absolute atomic E-state index is 0.0696. The third kappa shape index (κ3) is 4.80. The topological polar surface area (TPSA) is 87.5 Å². The predicted molar refractivity (Wildman–Crippen MR) is 106 cm³/mol. The van der Waals surface area contributed by atoms with Crippen molar-refractivity contribution < 1.29 is 9.59 Å². The van der Waals surface area contributed by atoms with Crippen LogP contribution in [0.5, 0.6) is 0 Å². The standard InChI is InChI=1S/C21H32N4O2/c1-16(22)18-10-7-13-25(15-18)19(26)21(11-5-6-12-21)24-20(27)23-14-17-8-3-2-4-9-17/h2-4,8-9,16,18H,5-7,10-15,22H2,1H3,(H2,23,24,27). The van der Waals surface area contributed by atoms with Crippen LogP contribution in [0.2, 0.25) is 0 Å². The Hall–Kier alpha value is -2.08. The maximum Gasteiger partial charge on any atom is 0.315 e. The largest absolute Gasteiger partial charge is 0.340 e. The second kappa shape index (κ2) is 8.74. The van der Waals surface area contributed by atoms with Crippen LogP contribution >= 0.6 is 0 Å². The molecule has 4 N–H and O–H groups in total. The molecule has 2 unspecified atom stereocenters. The van der Waals surface area contributed by atoms with Gasteiger partial charge in [0.25, 0.3) is 0 Å². The fourth-order valence-electron chi connectivity index (χ4n) is 4.34. The van der Waals surface area contributed by atoms with Crippen LogP contribution in [0, 0.1) is 5.92 Å². The number of rotatable bonds is 5. The van der Waals surface area contributed by atoms with E-state index in [0.29, 0.717) is 31.8 Å². The summed E-state index contributed by atoms with van der Waals surface area (Å²) in [5.74, 6) is 0.410. The van der Waals surface area contributed by atoms with E-state index >= 15 is 0 Å². The first-order valence-electron chi connectivity index (χ1n) is 10.1. The maximum atomic E-state index is 13.3. The van der Waals surface area contributed by atoms with Gasteiger partial charge in [-0.1, -0.05) is 43.2 Å². The molecule has 1 aromatic carbocycles. The molecule has 3 amide bonds. The number of hydrogen-bond donors (Lipinski definition) is 3. The number of piperidine rings is 1. The Morgan fingerprint density at radius 2 is 1.93 bits per heavy atom. The zero-order valence-electron chi connectivity index (χ0n) is 16.2. The van der Waals surface area contributed by atoms with E-state index in [4.69, 9.17) is 5.73 Å². The molecule has 6 heteroatoms. The van der Waals surface area contributed by atoms with Gasteiger partial charge in [-0.2, -0.15) is 0 Å². The van der Waals surface area contributed by atoms with Gasteiger partial charge in [-0.15, -0.1) is 0 Å². The van der Waals surface area contributed by atoms with Crippen LogP contribution in [-0.4, -0.2) is 41.5 Å². The van der Waals surface area contributed by atoms with Gasteiger partial charge in [0.1, 0.15) is 5.54 Å². The summed E-state index contributed by atoms with van der Waals surface area (Å²) in [5.41, 5.74) is 6.35. The minimum Gasteiger partial charge on any atom is -0.340 e. The van der Waals surface area contributed by atoms with Gasteiger partial charge in [-0.25, -0.2) is 4.79 Å². The Labute approximate surface area is 161 Å². The summed E-state index contributed by atoms with van der Waals surface area (Å²) < 4.78 is 0. The molecule has 2 fully saturated rings. The summed E-state index contributed by atoms with van der Waals surface area (Å²) in [6.07, 6.45) is 5.41. The smallest absolute Gasteiger partial charge is 0.315 e. The molecule has 0 radical (unpaired) electrons. The van der Waals surface area contributed by atoms with Crippen molar-refractivity contribution in [2.24, 2.45) is 11.7 Å². The molecule has 2 atom stereocenters. The second-order valence-electron chi connectivity index (χ2n) is 8.10. The van der Waals surface area contributed by atoms with Gasteiger partial charge in [0.05, 0.1) is 0 Å². The van der Waals surface area contributed by atoms with Crippen LogP contribution < -0.4 is 16.4 Å². The Bertz CT molecular complexity index is 641. The number of nitrogens with one attached hydrogen (secondary N) is 2. The summed E-state index contributed by atoms with van der Waals surface area (Å²) in [4.78, 5) is 27.8. The lowest BCUT2D eigenvalue weighted by atomic mass is 9.89. The summed E-state index contributed by atoms with van der Waals surface area (Å²) in [6, 6.07) is 9.60. The predicted octanol–water partition coefficient (Wildman–Crippen LogP) is 2.38. The first kappa shape index (κ1) is 19.7. The lowest BCUT2D eigenvalue weighted by Crippen LogP contribution is -2.61. The number of benzene rings is 1. The molecule has 1 aliphatic heterocycles. The van der Waals surface area contributed by atoms with Crippen molar-refractivity contribution in [3.63, 3.8) is 0 Å². The molecule has 2 aliphatic rings. The lowest BCUT2D eigenvalue weighted by Gasteiger charge is -2.40. The molecular formula is C21H32N4O2. The monoisotopic (exact) mass is 372 g/mol. The number of carbonyl (C=O) groups excluding carboxylic acids is 2. The summed E-state index contributed by atoms with van der Waals surface area (Å²) >= 11 is 0. The van der Waals surface area contributed by atoms with E-state index in [1.54, 1.807) is 0 Å². The average molecular weight is 373 g/mol. The average Bonchev–Trinajstić information content (AvgIpc) is 3.16. The molecule has 0 aromatic heterocycles. The number of amides is 3. The van der Waals surface area contributed by atoms with Crippen LogP contribution in [0.25, 0.3) is 0 Å². The highest BCUT2D eigenvalue weighted by molar-refractivity contribution is 5.91. The highest BCUT2D eigenvalue weighted by Gasteiger charge is 2.45. The molecule has 3 rings (SSSR count). The first-order chi connectivity index (χ1) is 13.0. The van der Waals surface area contributed by atoms with Crippen LogP contribution in [-0.2, 0) is 11.3 Å². The number of hydrogen-bond acceptors (Lipinski definition) is 3. The minimum atomic E-state index is -0.763. The highest BCUT2D eigenvalue weighted by atomic mass is 16.2. The van der Waals surface area contributed by atoms with Crippen LogP contribution in [0.3, 0.4) is 0 Å². The molecule has 1 saturated heterocycles. The molecule has 0 bridgehead atoms. The molecule has 1 aliphatic carbocycles. The zero-order chi connectivity index (χ0) is 19.3. The number of likely N-dealkylation sites (tertiary alicyclic amines) is 1. The maximum absolute atomic E-state index is 13.3. The quantitative estimate of drug-likeness (QED) is 0.742. The number of carbonyl (C=O) groups is 2. The van der Waals surface area contributed by atoms with E-state index in [2.05, 4.69) is 10.6 Å². The summed E-state index contributed by atoms with van der Waals surface area (Å²) in [6.45, 7) is 3.93. The molecule has 1 heterocycles. The summed E-state index contributed by atoms with van der Waals surface area (Å²) in [7, 11) is 0. The highest BCUT2D eigenvalue weighted by Crippen LogP contribution is 2.33. The number of nitrogens with two attached hydrogens (primary N) is 1. The fraction of sp³-hybridized carbons (Fsp3) is 0.619. The molecule has 148 valence electrons. The van der Waals surface area contributed by atoms with Gasteiger partial charge in [-0.3, -0.25) is 4.79 Å². The van der Waals surface area contributed by atoms with Gasteiger partial charge in [0.2, 0.25) is 5.91 Å². The molecule has 27 heavy (non-hydrogen) atoms. The third-order valence-electron chi connectivity index (χ3n) is 6.00. The Morgan fingerprint density at radius 3 is 2.59 bits per heavy atom. The van der Waals surface area contributed by atoms with Gasteiger partial charge in [0.15, 0.2) is 0 Å². The van der Waals surface area contributed by atoms with Crippen molar-refractivity contribution in [3.05, 3.63) is 35.9 Å². The van der Waals surface area contributed by atoms with Gasteiger partial charge >= 0.3 is 6.03 Å². The van der Waals surface area contributed by atoms with E-state index in [1.165, 1.54) is 0 Å². The Morgan fingerprint density at radius 1 is 1.22 bits per heavy atom. The molecule has 1 saturated carbocycles. The van der Waals surface area contributed by atoms with Crippen molar-refractivity contribution in [2.75, 3.05) is 13.1 Å². The fourth-order valence-corrected chi connectivity index (χ4v) is 4.34. The van der Waals surface area contributed by atoms with Gasteiger partial charge in [-0.05, 0) is 44.1 Å². The van der Waals surface area contributed by atoms with Crippen molar-refractivity contribution in [2.45, 2.75) is 63.6 Å². The molecular weight excluding hydrogens is 340 g/mol. The molecule has 6 nitrogen and oxygen atoms in total. The van der Waals surface area contributed by atoms with Crippen molar-refractivity contribution in [3.8, 4) is 0 Å². The second-order valence-corrected chi connectivity index (χ2v) is 8.10. The van der Waals surface area contributed by atoms with Gasteiger partial charge < -0.3 is 21.3 Å². The SMILES string of the molecule is CC(N)C1CCCN(C(=O)C2(NC(=O)NCc3ccccc3)CCCC2)C1. The zero-order valence-corrected chi connectivity index (χ0v) is 16.2. The summed E-state index contributed by atoms with van der Waals surface area (Å²) in [5, 5.41) is 5.93. The van der Waals surface area contributed by atoms with E-state index in [9.17, 15) is 9.59 Å². The number of nitrogens with zero attached hydrogens (tertiary/aromatic N) is 1. The van der Waals surface area contributed by atoms with Crippen molar-refractivity contribution >= 4 is 11.9 Å². The molecule has 1 aromatic rings. The van der Waals surface area contributed by atoms with Crippen molar-refractivity contribution in [1.29, 1.82) is 0 Å². The third-order valence-corrected chi connectivity index (χ3v) is 6.00. The van der Waals surface area contributed by atoms with E-state index < -0.39 is 5.54 Å². The van der Waals surface area contributed by atoms with Crippen LogP contribution in [0.15, 0.2) is 30.3 Å². The van der Waals surface area contributed by atoms with Crippen LogP contribution in [0.4, 0.5) is 4.79 Å². The van der Waals surface area contributed by atoms with E-state index in [-0.39, 0.29) is 18.0 Å². The first-order valence-corrected chi connectivity index (χ1v) is 10.1. The Kier molecular flexibility index (Phi) is 6.37. The van der Waals surface area contributed by atoms with E-state index in [0.717, 1.165) is 37.8 Å². The number of urea groups is 1. The normalized spacial score (nSPS) is 22.9. The molecule has 0 spiro atoms. The van der Waals surface area contributed by atoms with Gasteiger partial charge in [0, 0.05) is 25.7 Å².